The second kappa shape index (κ2) is 6.91. The van der Waals surface area contributed by atoms with Crippen LogP contribution in [-0.4, -0.2) is 28.8 Å². The molecule has 3 amide bonds. The minimum atomic E-state index is -1.08. The van der Waals surface area contributed by atoms with Crippen molar-refractivity contribution >= 4 is 35.1 Å². The van der Waals surface area contributed by atoms with Crippen molar-refractivity contribution in [2.45, 2.75) is 13.3 Å². The van der Waals surface area contributed by atoms with E-state index in [4.69, 9.17) is 5.11 Å². The summed E-state index contributed by atoms with van der Waals surface area (Å²) in [6, 6.07) is 10.8. The van der Waals surface area contributed by atoms with E-state index in [1.54, 1.807) is 37.3 Å². The van der Waals surface area contributed by atoms with Crippen molar-refractivity contribution in [2.24, 2.45) is 23.7 Å². The third kappa shape index (κ3) is 2.96. The number of aromatic carboxylic acids is 1. The minimum Gasteiger partial charge on any atom is -0.478 e. The zero-order valence-electron chi connectivity index (χ0n) is 16.7. The predicted molar refractivity (Wildman–Crippen MR) is 113 cm³/mol. The molecular formula is C24H20N2O5. The summed E-state index contributed by atoms with van der Waals surface area (Å²) in [4.78, 5) is 50.9. The van der Waals surface area contributed by atoms with Crippen molar-refractivity contribution < 1.29 is 24.3 Å². The Morgan fingerprint density at radius 2 is 1.52 bits per heavy atom. The van der Waals surface area contributed by atoms with Crippen LogP contribution in [0.4, 0.5) is 11.4 Å². The number of nitrogens with one attached hydrogen (secondary N) is 1. The van der Waals surface area contributed by atoms with Crippen LogP contribution in [0.25, 0.3) is 0 Å². The molecular weight excluding hydrogens is 396 g/mol. The number of amides is 3. The molecule has 31 heavy (non-hydrogen) atoms. The van der Waals surface area contributed by atoms with Crippen LogP contribution in [-0.2, 0) is 9.59 Å². The second-order valence-electron chi connectivity index (χ2n) is 8.35. The number of carbonyl (C=O) groups excluding carboxylic acids is 3. The fraction of sp³-hybridized carbons (Fsp3) is 0.250. The lowest BCUT2D eigenvalue weighted by Gasteiger charge is -2.17. The first-order chi connectivity index (χ1) is 14.8. The van der Waals surface area contributed by atoms with Crippen molar-refractivity contribution in [3.63, 3.8) is 0 Å². The van der Waals surface area contributed by atoms with Crippen LogP contribution in [0.1, 0.15) is 32.7 Å². The Balaban J connectivity index is 1.35. The summed E-state index contributed by atoms with van der Waals surface area (Å²) in [5.41, 5.74) is 2.03. The normalized spacial score (nSPS) is 25.8. The van der Waals surface area contributed by atoms with Crippen LogP contribution in [0.2, 0.25) is 0 Å². The molecule has 2 N–H and O–H groups in total. The number of nitrogens with zero attached hydrogens (tertiary/aromatic N) is 1. The highest BCUT2D eigenvalue weighted by Crippen LogP contribution is 2.53. The van der Waals surface area contributed by atoms with E-state index in [0.717, 1.165) is 12.0 Å². The summed E-state index contributed by atoms with van der Waals surface area (Å²) in [6.07, 6.45) is 4.98. The summed E-state index contributed by atoms with van der Waals surface area (Å²) in [5.74, 6) is -2.05. The van der Waals surface area contributed by atoms with Gasteiger partial charge in [-0.3, -0.25) is 19.3 Å². The monoisotopic (exact) mass is 416 g/mol. The molecule has 1 heterocycles. The van der Waals surface area contributed by atoms with Gasteiger partial charge in [0, 0.05) is 11.3 Å². The quantitative estimate of drug-likeness (QED) is 0.588. The van der Waals surface area contributed by atoms with Crippen molar-refractivity contribution in [1.82, 2.24) is 0 Å². The number of aryl methyl sites for hydroxylation is 1. The highest BCUT2D eigenvalue weighted by Gasteiger charge is 2.59. The van der Waals surface area contributed by atoms with Gasteiger partial charge in [0.05, 0.1) is 23.1 Å². The van der Waals surface area contributed by atoms with Gasteiger partial charge < -0.3 is 10.4 Å². The van der Waals surface area contributed by atoms with Gasteiger partial charge in [0.1, 0.15) is 0 Å². The molecule has 0 radical (unpaired) electrons. The Bertz CT molecular complexity index is 1140. The van der Waals surface area contributed by atoms with Crippen LogP contribution in [0.5, 0.6) is 0 Å². The smallest absolute Gasteiger partial charge is 0.335 e. The van der Waals surface area contributed by atoms with Gasteiger partial charge in [-0.25, -0.2) is 4.79 Å². The maximum atomic E-state index is 12.9. The first kappa shape index (κ1) is 19.2. The summed E-state index contributed by atoms with van der Waals surface area (Å²) in [5, 5.41) is 11.9. The van der Waals surface area contributed by atoms with E-state index in [-0.39, 0.29) is 41.0 Å². The molecule has 4 atom stereocenters. The van der Waals surface area contributed by atoms with Gasteiger partial charge in [0.25, 0.3) is 5.91 Å². The van der Waals surface area contributed by atoms with Crippen LogP contribution in [0.15, 0.2) is 54.6 Å². The molecule has 2 fully saturated rings. The topological polar surface area (TPSA) is 104 Å². The number of imide groups is 1. The number of carboxylic acids is 1. The fourth-order valence-corrected chi connectivity index (χ4v) is 5.00. The molecule has 1 aliphatic heterocycles. The van der Waals surface area contributed by atoms with Crippen molar-refractivity contribution in [2.75, 3.05) is 10.2 Å². The van der Waals surface area contributed by atoms with E-state index >= 15 is 0 Å². The lowest BCUT2D eigenvalue weighted by molar-refractivity contribution is -0.123. The van der Waals surface area contributed by atoms with E-state index in [0.29, 0.717) is 16.9 Å². The van der Waals surface area contributed by atoms with Gasteiger partial charge in [-0.2, -0.15) is 0 Å². The number of carbonyl (C=O) groups is 4. The van der Waals surface area contributed by atoms with Crippen LogP contribution >= 0.6 is 0 Å². The SMILES string of the molecule is Cc1ccc(C(=O)O)cc1NC(=O)c1ccc(N2C(=O)[C@@H]3[C@@H](C2=O)[C@H]2C=C[C@@H]3C2)cc1. The predicted octanol–water partition coefficient (Wildman–Crippen LogP) is 3.26. The first-order valence-electron chi connectivity index (χ1n) is 10.2. The molecule has 7 nitrogen and oxygen atoms in total. The van der Waals surface area contributed by atoms with Crippen LogP contribution < -0.4 is 10.2 Å². The Labute approximate surface area is 178 Å². The molecule has 0 aromatic heterocycles. The lowest BCUT2D eigenvalue weighted by atomic mass is 9.85. The minimum absolute atomic E-state index is 0.0799. The number of allylic oxidation sites excluding steroid dienone is 2. The Morgan fingerprint density at radius 1 is 0.935 bits per heavy atom. The number of benzene rings is 2. The standard InChI is InChI=1S/C24H20N2O5/c1-12-2-3-16(24(30)31)11-18(12)25-21(27)13-6-8-17(9-7-13)26-22(28)19-14-4-5-15(10-14)20(19)23(26)29/h2-9,11,14-15,19-20H,10H2,1H3,(H,25,27)(H,30,31)/t14-,15+,19-,20-/m0/s1. The van der Waals surface area contributed by atoms with Gasteiger partial charge in [0.2, 0.25) is 11.8 Å². The Morgan fingerprint density at radius 3 is 2.10 bits per heavy atom. The fourth-order valence-electron chi connectivity index (χ4n) is 5.00. The van der Waals surface area contributed by atoms with Gasteiger partial charge in [-0.05, 0) is 67.1 Å². The third-order valence-corrected chi connectivity index (χ3v) is 6.59. The van der Waals surface area contributed by atoms with E-state index in [1.807, 2.05) is 0 Å². The largest absolute Gasteiger partial charge is 0.478 e. The molecule has 3 aliphatic rings. The van der Waals surface area contributed by atoms with Crippen LogP contribution in [0, 0.1) is 30.6 Å². The summed E-state index contributed by atoms with van der Waals surface area (Å²) >= 11 is 0. The molecule has 1 saturated carbocycles. The van der Waals surface area contributed by atoms with E-state index in [9.17, 15) is 19.2 Å². The second-order valence-corrected chi connectivity index (χ2v) is 8.35. The molecule has 0 unspecified atom stereocenters. The highest BCUT2D eigenvalue weighted by atomic mass is 16.4. The third-order valence-electron chi connectivity index (χ3n) is 6.59. The number of carboxylic acid groups (broad SMARTS) is 1. The molecule has 2 aliphatic carbocycles. The molecule has 5 rings (SSSR count). The number of fused-ring (bicyclic) bond motifs is 5. The number of hydrogen-bond donors (Lipinski definition) is 2. The lowest BCUT2D eigenvalue weighted by Crippen LogP contribution is -2.32. The average Bonchev–Trinajstić information content (AvgIpc) is 3.43. The number of hydrogen-bond acceptors (Lipinski definition) is 4. The van der Waals surface area contributed by atoms with Gasteiger partial charge in [-0.15, -0.1) is 0 Å². The summed E-state index contributed by atoms with van der Waals surface area (Å²) in [6.45, 7) is 1.77. The molecule has 0 spiro atoms. The molecule has 7 heteroatoms. The average molecular weight is 416 g/mol. The zero-order valence-corrected chi connectivity index (χ0v) is 16.7. The van der Waals surface area contributed by atoms with Gasteiger partial charge in [0.15, 0.2) is 0 Å². The molecule has 2 bridgehead atoms. The van der Waals surface area contributed by atoms with Crippen molar-refractivity contribution in [1.29, 1.82) is 0 Å². The number of anilines is 2. The van der Waals surface area contributed by atoms with Crippen LogP contribution in [0.3, 0.4) is 0 Å². The Kier molecular flexibility index (Phi) is 4.28. The number of rotatable bonds is 4. The molecule has 1 saturated heterocycles. The summed E-state index contributed by atoms with van der Waals surface area (Å²) < 4.78 is 0. The molecule has 156 valence electrons. The van der Waals surface area contributed by atoms with Gasteiger partial charge >= 0.3 is 5.97 Å². The first-order valence-corrected chi connectivity index (χ1v) is 10.2. The van der Waals surface area contributed by atoms with Gasteiger partial charge in [-0.1, -0.05) is 18.2 Å². The Hall–Kier alpha value is -3.74. The zero-order chi connectivity index (χ0) is 21.9. The van der Waals surface area contributed by atoms with E-state index in [1.165, 1.54) is 17.0 Å². The van der Waals surface area contributed by atoms with Crippen molar-refractivity contribution in [3.8, 4) is 0 Å². The maximum absolute atomic E-state index is 12.9. The highest BCUT2D eigenvalue weighted by molar-refractivity contribution is 6.23. The summed E-state index contributed by atoms with van der Waals surface area (Å²) in [7, 11) is 0. The van der Waals surface area contributed by atoms with E-state index < -0.39 is 11.9 Å². The van der Waals surface area contributed by atoms with E-state index in [2.05, 4.69) is 17.5 Å². The van der Waals surface area contributed by atoms with Crippen molar-refractivity contribution in [3.05, 3.63) is 71.3 Å². The molecule has 2 aromatic carbocycles. The maximum Gasteiger partial charge on any atom is 0.335 e. The molecule has 2 aromatic rings.